The molecule has 0 radical (unpaired) electrons. The van der Waals surface area contributed by atoms with Crippen molar-refractivity contribution in [1.82, 2.24) is 10.1 Å². The molecule has 4 rings (SSSR count). The molecule has 2 aromatic heterocycles. The van der Waals surface area contributed by atoms with Crippen molar-refractivity contribution in [3.8, 4) is 10.6 Å². The first kappa shape index (κ1) is 14.5. The minimum absolute atomic E-state index is 0.148. The fourth-order valence-electron chi connectivity index (χ4n) is 2.31. The van der Waals surface area contributed by atoms with Crippen molar-refractivity contribution in [3.05, 3.63) is 66.3 Å². The van der Waals surface area contributed by atoms with Crippen molar-refractivity contribution in [1.29, 1.82) is 0 Å². The maximum Gasteiger partial charge on any atom is 0.277 e. The zero-order valence-corrected chi connectivity index (χ0v) is 13.0. The number of fused-ring (bicyclic) bond motifs is 1. The summed E-state index contributed by atoms with van der Waals surface area (Å²) in [5.74, 6) is -0.832. The number of anilines is 1. The van der Waals surface area contributed by atoms with Gasteiger partial charge in [0.25, 0.3) is 5.91 Å². The molecule has 5 nitrogen and oxygen atoms in total. The summed E-state index contributed by atoms with van der Waals surface area (Å²) in [6.07, 6.45) is 1.31. The zero-order valence-electron chi connectivity index (χ0n) is 12.2. The van der Waals surface area contributed by atoms with Crippen LogP contribution in [0.2, 0.25) is 0 Å². The molecule has 4 aromatic rings. The number of aromatic nitrogens is 2. The average molecular weight is 339 g/mol. The van der Waals surface area contributed by atoms with Gasteiger partial charge >= 0.3 is 0 Å². The smallest absolute Gasteiger partial charge is 0.277 e. The van der Waals surface area contributed by atoms with Crippen molar-refractivity contribution in [2.24, 2.45) is 0 Å². The Kier molecular flexibility index (Phi) is 3.55. The topological polar surface area (TPSA) is 68.0 Å². The van der Waals surface area contributed by atoms with Gasteiger partial charge in [0.15, 0.2) is 5.69 Å². The number of benzene rings is 2. The van der Waals surface area contributed by atoms with Crippen LogP contribution in [-0.4, -0.2) is 16.0 Å². The second-order valence-corrected chi connectivity index (χ2v) is 6.05. The van der Waals surface area contributed by atoms with E-state index in [2.05, 4.69) is 20.0 Å². The van der Waals surface area contributed by atoms with Gasteiger partial charge in [-0.05, 0) is 30.3 Å². The molecule has 1 N–H and O–H groups in total. The highest BCUT2D eigenvalue weighted by Crippen LogP contribution is 2.35. The Morgan fingerprint density at radius 2 is 2.04 bits per heavy atom. The summed E-state index contributed by atoms with van der Waals surface area (Å²) in [5.41, 5.74) is 1.96. The number of thiazole rings is 1. The summed E-state index contributed by atoms with van der Waals surface area (Å²) in [4.78, 5) is 16.7. The van der Waals surface area contributed by atoms with Crippen molar-refractivity contribution in [2.45, 2.75) is 0 Å². The number of amides is 1. The molecule has 0 saturated carbocycles. The highest BCUT2D eigenvalue weighted by molar-refractivity contribution is 7.21. The Hall–Kier alpha value is -3.06. The van der Waals surface area contributed by atoms with Gasteiger partial charge in [-0.1, -0.05) is 17.3 Å². The van der Waals surface area contributed by atoms with Crippen LogP contribution in [0.5, 0.6) is 0 Å². The van der Waals surface area contributed by atoms with E-state index < -0.39 is 11.7 Å². The molecular formula is C17H10FN3O2S. The molecule has 0 bridgehead atoms. The molecule has 0 aliphatic heterocycles. The number of carbonyl (C=O) groups is 1. The number of nitrogens with zero attached hydrogens (tertiary/aromatic N) is 2. The van der Waals surface area contributed by atoms with E-state index in [1.807, 2.05) is 24.3 Å². The normalized spacial score (nSPS) is 10.9. The van der Waals surface area contributed by atoms with E-state index in [1.54, 1.807) is 0 Å². The third-order valence-electron chi connectivity index (χ3n) is 3.42. The van der Waals surface area contributed by atoms with E-state index in [-0.39, 0.29) is 5.69 Å². The third-order valence-corrected chi connectivity index (χ3v) is 4.49. The van der Waals surface area contributed by atoms with Crippen LogP contribution in [0.3, 0.4) is 0 Å². The van der Waals surface area contributed by atoms with Gasteiger partial charge in [-0.15, -0.1) is 11.3 Å². The number of hydrogen-bond acceptors (Lipinski definition) is 5. The lowest BCUT2D eigenvalue weighted by Gasteiger charge is -2.08. The highest BCUT2D eigenvalue weighted by Gasteiger charge is 2.16. The summed E-state index contributed by atoms with van der Waals surface area (Å²) in [6.45, 7) is 0. The van der Waals surface area contributed by atoms with Crippen molar-refractivity contribution in [3.63, 3.8) is 0 Å². The van der Waals surface area contributed by atoms with Crippen LogP contribution < -0.4 is 5.32 Å². The van der Waals surface area contributed by atoms with Gasteiger partial charge in [-0.2, -0.15) is 0 Å². The molecule has 2 aromatic carbocycles. The van der Waals surface area contributed by atoms with Crippen LogP contribution in [-0.2, 0) is 0 Å². The van der Waals surface area contributed by atoms with E-state index in [4.69, 9.17) is 0 Å². The van der Waals surface area contributed by atoms with Crippen LogP contribution in [0.1, 0.15) is 10.5 Å². The first-order valence-corrected chi connectivity index (χ1v) is 7.89. The zero-order chi connectivity index (χ0) is 16.5. The lowest BCUT2D eigenvalue weighted by molar-refractivity contribution is 0.101. The molecule has 7 heteroatoms. The van der Waals surface area contributed by atoms with Gasteiger partial charge in [0.2, 0.25) is 0 Å². The molecule has 0 aliphatic carbocycles. The molecule has 2 heterocycles. The lowest BCUT2D eigenvalue weighted by atomic mass is 10.1. The molecular weight excluding hydrogens is 329 g/mol. The van der Waals surface area contributed by atoms with Crippen molar-refractivity contribution < 1.29 is 13.7 Å². The predicted octanol–water partition coefficient (Wildman–Crippen LogP) is 4.34. The molecule has 0 saturated heterocycles. The number of para-hydroxylation sites is 1. The maximum atomic E-state index is 13.7. The Balaban J connectivity index is 1.77. The fraction of sp³-hybridized carbons (Fsp3) is 0. The first-order chi connectivity index (χ1) is 11.7. The fourth-order valence-corrected chi connectivity index (χ4v) is 3.30. The second kappa shape index (κ2) is 5.86. The van der Waals surface area contributed by atoms with Gasteiger partial charge in [0.05, 0.1) is 15.9 Å². The third kappa shape index (κ3) is 2.65. The number of halogens is 1. The number of hydrogen-bond donors (Lipinski definition) is 1. The Labute approximate surface area is 139 Å². The molecule has 1 amide bonds. The van der Waals surface area contributed by atoms with Gasteiger partial charge < -0.3 is 9.84 Å². The van der Waals surface area contributed by atoms with E-state index in [9.17, 15) is 9.18 Å². The SMILES string of the molecule is O=C(Nc1ccc(F)cc1-c1nc2ccccc2s1)c1ccon1. The van der Waals surface area contributed by atoms with Crippen LogP contribution in [0.15, 0.2) is 59.3 Å². The van der Waals surface area contributed by atoms with E-state index >= 15 is 0 Å². The van der Waals surface area contributed by atoms with Gasteiger partial charge in [-0.3, -0.25) is 4.79 Å². The molecule has 0 fully saturated rings. The van der Waals surface area contributed by atoms with Crippen LogP contribution in [0, 0.1) is 5.82 Å². The monoisotopic (exact) mass is 339 g/mol. The molecule has 0 aliphatic rings. The Morgan fingerprint density at radius 1 is 1.17 bits per heavy atom. The molecule has 118 valence electrons. The lowest BCUT2D eigenvalue weighted by Crippen LogP contribution is -2.13. The van der Waals surface area contributed by atoms with E-state index in [0.29, 0.717) is 16.3 Å². The van der Waals surface area contributed by atoms with Crippen molar-refractivity contribution in [2.75, 3.05) is 5.32 Å². The van der Waals surface area contributed by atoms with Gasteiger partial charge in [-0.25, -0.2) is 9.37 Å². The van der Waals surface area contributed by atoms with Crippen LogP contribution in [0.4, 0.5) is 10.1 Å². The quantitative estimate of drug-likeness (QED) is 0.603. The summed E-state index contributed by atoms with van der Waals surface area (Å²) in [6, 6.07) is 13.3. The largest absolute Gasteiger partial charge is 0.364 e. The molecule has 0 atom stereocenters. The summed E-state index contributed by atoms with van der Waals surface area (Å²) in [7, 11) is 0. The van der Waals surface area contributed by atoms with Crippen LogP contribution in [0.25, 0.3) is 20.8 Å². The molecule has 0 unspecified atom stereocenters. The van der Waals surface area contributed by atoms with Gasteiger partial charge in [0.1, 0.15) is 17.1 Å². The Bertz CT molecular complexity index is 994. The van der Waals surface area contributed by atoms with E-state index in [1.165, 1.54) is 41.9 Å². The van der Waals surface area contributed by atoms with Crippen LogP contribution >= 0.6 is 11.3 Å². The minimum atomic E-state index is -0.433. The number of nitrogens with one attached hydrogen (secondary N) is 1. The summed E-state index contributed by atoms with van der Waals surface area (Å²) in [5, 5.41) is 6.95. The Morgan fingerprint density at radius 3 is 2.83 bits per heavy atom. The highest BCUT2D eigenvalue weighted by atomic mass is 32.1. The average Bonchev–Trinajstić information content (AvgIpc) is 3.25. The standard InChI is InChI=1S/C17H10FN3O2S/c18-10-5-6-12(19-16(22)14-7-8-23-21-14)11(9-10)17-20-13-3-1-2-4-15(13)24-17/h1-9H,(H,19,22). The van der Waals surface area contributed by atoms with Crippen molar-refractivity contribution >= 4 is 33.1 Å². The number of carbonyl (C=O) groups excluding carboxylic acids is 1. The van der Waals surface area contributed by atoms with E-state index in [0.717, 1.165) is 10.2 Å². The maximum absolute atomic E-state index is 13.7. The minimum Gasteiger partial charge on any atom is -0.364 e. The second-order valence-electron chi connectivity index (χ2n) is 5.02. The first-order valence-electron chi connectivity index (χ1n) is 7.08. The predicted molar refractivity (Wildman–Crippen MR) is 89.5 cm³/mol. The van der Waals surface area contributed by atoms with Gasteiger partial charge in [0, 0.05) is 11.6 Å². The summed E-state index contributed by atoms with van der Waals surface area (Å²) < 4.78 is 19.4. The molecule has 0 spiro atoms. The number of rotatable bonds is 3. The summed E-state index contributed by atoms with van der Waals surface area (Å²) >= 11 is 1.43. The molecule has 24 heavy (non-hydrogen) atoms.